The zero-order valence-electron chi connectivity index (χ0n) is 10.2. The molecule has 0 aliphatic heterocycles. The standard InChI is InChI=1S/C11H11N3O5/c1-17-7-4-3-6(5-8(7)18-2)10-12-13-11(19-10)9(15)14-16/h3-5,16H,1-2H3,(H,14,15). The van der Waals surface area contributed by atoms with Gasteiger partial charge in [-0.15, -0.1) is 10.2 Å². The van der Waals surface area contributed by atoms with Gasteiger partial charge in [-0.2, -0.15) is 0 Å². The lowest BCUT2D eigenvalue weighted by Gasteiger charge is -2.07. The van der Waals surface area contributed by atoms with Crippen LogP contribution in [0.15, 0.2) is 22.6 Å². The van der Waals surface area contributed by atoms with Crippen LogP contribution in [0.2, 0.25) is 0 Å². The van der Waals surface area contributed by atoms with Crippen LogP contribution in [-0.2, 0) is 0 Å². The first-order chi connectivity index (χ1) is 9.19. The Balaban J connectivity index is 2.36. The smallest absolute Gasteiger partial charge is 0.332 e. The molecule has 0 unspecified atom stereocenters. The lowest BCUT2D eigenvalue weighted by molar-refractivity contribution is 0.0669. The molecule has 2 N–H and O–H groups in total. The van der Waals surface area contributed by atoms with Gasteiger partial charge in [-0.05, 0) is 18.2 Å². The van der Waals surface area contributed by atoms with Gasteiger partial charge in [0.1, 0.15) is 0 Å². The lowest BCUT2D eigenvalue weighted by Crippen LogP contribution is -2.18. The first-order valence-corrected chi connectivity index (χ1v) is 5.20. The lowest BCUT2D eigenvalue weighted by atomic mass is 10.2. The highest BCUT2D eigenvalue weighted by atomic mass is 16.5. The average molecular weight is 265 g/mol. The zero-order valence-corrected chi connectivity index (χ0v) is 10.2. The Labute approximate surface area is 107 Å². The van der Waals surface area contributed by atoms with Crippen molar-refractivity contribution in [3.05, 3.63) is 24.1 Å². The summed E-state index contributed by atoms with van der Waals surface area (Å²) in [4.78, 5) is 11.1. The third kappa shape index (κ3) is 2.47. The van der Waals surface area contributed by atoms with E-state index in [2.05, 4.69) is 10.2 Å². The fourth-order valence-corrected chi connectivity index (χ4v) is 1.45. The molecule has 0 spiro atoms. The third-order valence-corrected chi connectivity index (χ3v) is 2.35. The molecule has 1 amide bonds. The Morgan fingerprint density at radius 3 is 2.63 bits per heavy atom. The number of hydroxylamine groups is 1. The third-order valence-electron chi connectivity index (χ3n) is 2.35. The largest absolute Gasteiger partial charge is 0.493 e. The molecule has 100 valence electrons. The van der Waals surface area contributed by atoms with Crippen LogP contribution in [0.3, 0.4) is 0 Å². The van der Waals surface area contributed by atoms with Crippen molar-refractivity contribution in [3.63, 3.8) is 0 Å². The molecule has 1 heterocycles. The van der Waals surface area contributed by atoms with Crippen molar-refractivity contribution in [2.24, 2.45) is 0 Å². The number of benzene rings is 1. The van der Waals surface area contributed by atoms with Crippen molar-refractivity contribution in [1.29, 1.82) is 0 Å². The van der Waals surface area contributed by atoms with E-state index >= 15 is 0 Å². The molecular weight excluding hydrogens is 254 g/mol. The summed E-state index contributed by atoms with van der Waals surface area (Å²) in [5.41, 5.74) is 1.96. The van der Waals surface area contributed by atoms with Gasteiger partial charge >= 0.3 is 11.8 Å². The van der Waals surface area contributed by atoms with Gasteiger partial charge in [0, 0.05) is 5.56 Å². The van der Waals surface area contributed by atoms with Crippen LogP contribution in [0.25, 0.3) is 11.5 Å². The van der Waals surface area contributed by atoms with Gasteiger partial charge in [-0.1, -0.05) is 0 Å². The maximum Gasteiger partial charge on any atom is 0.332 e. The monoisotopic (exact) mass is 265 g/mol. The number of carbonyl (C=O) groups is 1. The Morgan fingerprint density at radius 2 is 2.00 bits per heavy atom. The molecule has 0 radical (unpaired) electrons. The minimum atomic E-state index is -0.876. The molecule has 0 aliphatic rings. The maximum atomic E-state index is 11.1. The summed E-state index contributed by atoms with van der Waals surface area (Å²) in [7, 11) is 3.02. The molecule has 2 rings (SSSR count). The van der Waals surface area contributed by atoms with Crippen LogP contribution < -0.4 is 15.0 Å². The number of carbonyl (C=O) groups excluding carboxylic acids is 1. The average Bonchev–Trinajstić information content (AvgIpc) is 2.95. The van der Waals surface area contributed by atoms with E-state index < -0.39 is 5.91 Å². The fraction of sp³-hybridized carbons (Fsp3) is 0.182. The fourth-order valence-electron chi connectivity index (χ4n) is 1.45. The van der Waals surface area contributed by atoms with Gasteiger partial charge in [0.15, 0.2) is 11.5 Å². The Hall–Kier alpha value is -2.61. The first kappa shape index (κ1) is 12.8. The highest BCUT2D eigenvalue weighted by Crippen LogP contribution is 2.31. The number of methoxy groups -OCH3 is 2. The molecule has 0 aliphatic carbocycles. The molecule has 2 aromatic rings. The molecule has 0 bridgehead atoms. The summed E-state index contributed by atoms with van der Waals surface area (Å²) in [5.74, 6) is -0.0449. The second-order valence-corrected chi connectivity index (χ2v) is 3.42. The van der Waals surface area contributed by atoms with Crippen LogP contribution in [0.1, 0.15) is 10.7 Å². The first-order valence-electron chi connectivity index (χ1n) is 5.20. The van der Waals surface area contributed by atoms with Crippen molar-refractivity contribution in [3.8, 4) is 23.0 Å². The van der Waals surface area contributed by atoms with Crippen LogP contribution >= 0.6 is 0 Å². The van der Waals surface area contributed by atoms with E-state index in [1.165, 1.54) is 19.7 Å². The Bertz CT molecular complexity index is 596. The van der Waals surface area contributed by atoms with Crippen molar-refractivity contribution in [1.82, 2.24) is 15.7 Å². The molecule has 0 saturated heterocycles. The number of amides is 1. The van der Waals surface area contributed by atoms with E-state index in [0.717, 1.165) is 0 Å². The highest BCUT2D eigenvalue weighted by Gasteiger charge is 2.16. The normalized spacial score (nSPS) is 10.1. The zero-order chi connectivity index (χ0) is 13.8. The van der Waals surface area contributed by atoms with Crippen LogP contribution in [0.5, 0.6) is 11.5 Å². The number of nitrogens with zero attached hydrogens (tertiary/aromatic N) is 2. The predicted molar refractivity (Wildman–Crippen MR) is 62.1 cm³/mol. The van der Waals surface area contributed by atoms with Gasteiger partial charge in [-0.3, -0.25) is 10.0 Å². The van der Waals surface area contributed by atoms with Gasteiger partial charge in [0.05, 0.1) is 14.2 Å². The quantitative estimate of drug-likeness (QED) is 0.624. The van der Waals surface area contributed by atoms with Gasteiger partial charge in [0.25, 0.3) is 0 Å². The van der Waals surface area contributed by atoms with E-state index in [-0.39, 0.29) is 11.8 Å². The van der Waals surface area contributed by atoms with Crippen molar-refractivity contribution in [2.45, 2.75) is 0 Å². The van der Waals surface area contributed by atoms with E-state index in [9.17, 15) is 4.79 Å². The van der Waals surface area contributed by atoms with Crippen molar-refractivity contribution in [2.75, 3.05) is 14.2 Å². The van der Waals surface area contributed by atoms with Gasteiger partial charge in [-0.25, -0.2) is 5.48 Å². The molecule has 0 saturated carbocycles. The molecular formula is C11H11N3O5. The summed E-state index contributed by atoms with van der Waals surface area (Å²) < 4.78 is 15.3. The summed E-state index contributed by atoms with van der Waals surface area (Å²) >= 11 is 0. The second-order valence-electron chi connectivity index (χ2n) is 3.42. The predicted octanol–water partition coefficient (Wildman–Crippen LogP) is 0.873. The Kier molecular flexibility index (Phi) is 3.62. The molecule has 8 nitrogen and oxygen atoms in total. The molecule has 1 aromatic heterocycles. The van der Waals surface area contributed by atoms with E-state index in [1.54, 1.807) is 18.2 Å². The number of rotatable bonds is 4. The number of hydrogen-bond acceptors (Lipinski definition) is 7. The van der Waals surface area contributed by atoms with Gasteiger partial charge in [0.2, 0.25) is 5.89 Å². The molecule has 1 aromatic carbocycles. The molecule has 0 fully saturated rings. The highest BCUT2D eigenvalue weighted by molar-refractivity contribution is 5.88. The SMILES string of the molecule is COc1ccc(-c2nnc(C(=O)NO)o2)cc1OC. The molecule has 19 heavy (non-hydrogen) atoms. The van der Waals surface area contributed by atoms with Crippen molar-refractivity contribution < 1.29 is 23.9 Å². The van der Waals surface area contributed by atoms with Crippen LogP contribution in [0.4, 0.5) is 0 Å². The minimum absolute atomic E-state index is 0.125. The Morgan fingerprint density at radius 1 is 1.26 bits per heavy atom. The van der Waals surface area contributed by atoms with Gasteiger partial charge < -0.3 is 13.9 Å². The summed E-state index contributed by atoms with van der Waals surface area (Å²) in [6.07, 6.45) is 0. The number of aromatic nitrogens is 2. The van der Waals surface area contributed by atoms with E-state index in [0.29, 0.717) is 17.1 Å². The summed E-state index contributed by atoms with van der Waals surface area (Å²) in [6, 6.07) is 4.98. The molecule has 8 heteroatoms. The van der Waals surface area contributed by atoms with Crippen LogP contribution in [-0.4, -0.2) is 35.5 Å². The van der Waals surface area contributed by atoms with Crippen molar-refractivity contribution >= 4 is 5.91 Å². The van der Waals surface area contributed by atoms with E-state index in [1.807, 2.05) is 0 Å². The minimum Gasteiger partial charge on any atom is -0.493 e. The summed E-state index contributed by atoms with van der Waals surface area (Å²) in [5, 5.41) is 15.7. The van der Waals surface area contributed by atoms with E-state index in [4.69, 9.17) is 19.1 Å². The van der Waals surface area contributed by atoms with Crippen LogP contribution in [0, 0.1) is 0 Å². The molecule has 0 atom stereocenters. The second kappa shape index (κ2) is 5.36. The number of hydrogen-bond donors (Lipinski definition) is 2. The number of ether oxygens (including phenoxy) is 2. The topological polar surface area (TPSA) is 107 Å². The number of nitrogens with one attached hydrogen (secondary N) is 1. The summed E-state index contributed by atoms with van der Waals surface area (Å²) in [6.45, 7) is 0. The maximum absolute atomic E-state index is 11.1.